The van der Waals surface area contributed by atoms with Gasteiger partial charge >= 0.3 is 5.97 Å². The summed E-state index contributed by atoms with van der Waals surface area (Å²) >= 11 is 12.2. The van der Waals surface area contributed by atoms with Crippen LogP contribution in [-0.2, 0) is 4.74 Å². The van der Waals surface area contributed by atoms with Crippen LogP contribution in [0.2, 0.25) is 10.0 Å². The number of esters is 1. The molecule has 0 saturated carbocycles. The molecule has 0 radical (unpaired) electrons. The van der Waals surface area contributed by atoms with Crippen LogP contribution in [0.4, 0.5) is 0 Å². The van der Waals surface area contributed by atoms with E-state index >= 15 is 0 Å². The standard InChI is InChI=1S/C17H13Cl2NO2/c1-2-22-17(21)15-8-10-4-3-5-14(16(10)20-15)11-6-12(18)9-13(19)7-11/h3-9,20H,2H2,1H3. The zero-order chi connectivity index (χ0) is 15.7. The molecule has 22 heavy (non-hydrogen) atoms. The van der Waals surface area contributed by atoms with Crippen LogP contribution in [0.25, 0.3) is 22.0 Å². The van der Waals surface area contributed by atoms with E-state index in [0.29, 0.717) is 22.3 Å². The summed E-state index contributed by atoms with van der Waals surface area (Å²) in [5.41, 5.74) is 3.10. The lowest BCUT2D eigenvalue weighted by Crippen LogP contribution is -2.04. The Balaban J connectivity index is 2.16. The van der Waals surface area contributed by atoms with E-state index in [1.807, 2.05) is 30.3 Å². The van der Waals surface area contributed by atoms with Crippen molar-refractivity contribution in [1.29, 1.82) is 0 Å². The molecule has 0 unspecified atom stereocenters. The van der Waals surface area contributed by atoms with Gasteiger partial charge in [0.15, 0.2) is 0 Å². The molecule has 1 heterocycles. The van der Waals surface area contributed by atoms with Crippen molar-refractivity contribution in [3.05, 3.63) is 58.2 Å². The summed E-state index contributed by atoms with van der Waals surface area (Å²) in [7, 11) is 0. The summed E-state index contributed by atoms with van der Waals surface area (Å²) in [4.78, 5) is 15.0. The van der Waals surface area contributed by atoms with Crippen LogP contribution in [0.1, 0.15) is 17.4 Å². The lowest BCUT2D eigenvalue weighted by Gasteiger charge is -2.05. The summed E-state index contributed by atoms with van der Waals surface area (Å²) in [6.45, 7) is 2.12. The highest BCUT2D eigenvalue weighted by molar-refractivity contribution is 6.35. The summed E-state index contributed by atoms with van der Waals surface area (Å²) in [6.07, 6.45) is 0. The number of nitrogens with one attached hydrogen (secondary N) is 1. The van der Waals surface area contributed by atoms with Crippen LogP contribution < -0.4 is 0 Å². The minimum absolute atomic E-state index is 0.338. The number of hydrogen-bond acceptors (Lipinski definition) is 2. The smallest absolute Gasteiger partial charge is 0.354 e. The first-order valence-electron chi connectivity index (χ1n) is 6.84. The topological polar surface area (TPSA) is 42.1 Å². The fourth-order valence-electron chi connectivity index (χ4n) is 2.42. The second-order valence-corrected chi connectivity index (χ2v) is 5.70. The number of carbonyl (C=O) groups excluding carboxylic acids is 1. The third-order valence-corrected chi connectivity index (χ3v) is 3.76. The van der Waals surface area contributed by atoms with Gasteiger partial charge in [0.25, 0.3) is 0 Å². The SMILES string of the molecule is CCOC(=O)c1cc2cccc(-c3cc(Cl)cc(Cl)c3)c2[nH]1. The van der Waals surface area contributed by atoms with E-state index in [1.165, 1.54) is 0 Å². The normalized spacial score (nSPS) is 10.9. The molecule has 1 aromatic heterocycles. The van der Waals surface area contributed by atoms with Gasteiger partial charge < -0.3 is 9.72 Å². The molecule has 112 valence electrons. The van der Waals surface area contributed by atoms with Gasteiger partial charge in [-0.25, -0.2) is 4.79 Å². The van der Waals surface area contributed by atoms with E-state index in [4.69, 9.17) is 27.9 Å². The van der Waals surface area contributed by atoms with Crippen LogP contribution in [0.15, 0.2) is 42.5 Å². The van der Waals surface area contributed by atoms with Gasteiger partial charge in [-0.2, -0.15) is 0 Å². The lowest BCUT2D eigenvalue weighted by molar-refractivity contribution is 0.0520. The number of halogens is 2. The molecule has 0 aliphatic heterocycles. The molecule has 0 aliphatic rings. The molecule has 0 spiro atoms. The highest BCUT2D eigenvalue weighted by Crippen LogP contribution is 2.32. The van der Waals surface area contributed by atoms with Crippen molar-refractivity contribution in [2.75, 3.05) is 6.61 Å². The van der Waals surface area contributed by atoms with Gasteiger partial charge in [0, 0.05) is 21.0 Å². The molecule has 5 heteroatoms. The maximum atomic E-state index is 11.9. The van der Waals surface area contributed by atoms with E-state index < -0.39 is 0 Å². The van der Waals surface area contributed by atoms with E-state index in [1.54, 1.807) is 19.1 Å². The summed E-state index contributed by atoms with van der Waals surface area (Å²) in [5.74, 6) is -0.367. The number of ether oxygens (including phenoxy) is 1. The number of aromatic amines is 1. The maximum Gasteiger partial charge on any atom is 0.354 e. The quantitative estimate of drug-likeness (QED) is 0.659. The van der Waals surface area contributed by atoms with E-state index in [-0.39, 0.29) is 5.97 Å². The summed E-state index contributed by atoms with van der Waals surface area (Å²) < 4.78 is 5.03. The van der Waals surface area contributed by atoms with E-state index in [2.05, 4.69) is 4.98 Å². The Morgan fingerprint density at radius 3 is 2.55 bits per heavy atom. The van der Waals surface area contributed by atoms with Gasteiger partial charge in [0.1, 0.15) is 5.69 Å². The molecule has 0 saturated heterocycles. The van der Waals surface area contributed by atoms with Gasteiger partial charge in [0.05, 0.1) is 12.1 Å². The minimum atomic E-state index is -0.367. The first-order valence-corrected chi connectivity index (χ1v) is 7.59. The summed E-state index contributed by atoms with van der Waals surface area (Å²) in [6, 6.07) is 13.0. The molecule has 0 fully saturated rings. The van der Waals surface area contributed by atoms with Gasteiger partial charge in [-0.1, -0.05) is 41.4 Å². The third-order valence-electron chi connectivity index (χ3n) is 3.33. The first-order chi connectivity index (χ1) is 10.6. The number of aromatic nitrogens is 1. The fraction of sp³-hybridized carbons (Fsp3) is 0.118. The van der Waals surface area contributed by atoms with Crippen molar-refractivity contribution in [1.82, 2.24) is 4.98 Å². The molecule has 1 N–H and O–H groups in total. The molecule has 0 bridgehead atoms. The Hall–Kier alpha value is -1.97. The van der Waals surface area contributed by atoms with Crippen molar-refractivity contribution >= 4 is 40.1 Å². The summed E-state index contributed by atoms with van der Waals surface area (Å²) in [5, 5.41) is 2.06. The minimum Gasteiger partial charge on any atom is -0.461 e. The predicted molar refractivity (Wildman–Crippen MR) is 89.7 cm³/mol. The number of rotatable bonds is 3. The molecule has 0 atom stereocenters. The second kappa shape index (κ2) is 6.03. The Morgan fingerprint density at radius 1 is 1.14 bits per heavy atom. The molecule has 0 amide bonds. The highest BCUT2D eigenvalue weighted by atomic mass is 35.5. The Kier molecular flexibility index (Phi) is 4.10. The molecule has 2 aromatic carbocycles. The predicted octanol–water partition coefficient (Wildman–Crippen LogP) is 5.32. The van der Waals surface area contributed by atoms with Crippen LogP contribution >= 0.6 is 23.2 Å². The van der Waals surface area contributed by atoms with Crippen molar-refractivity contribution in [3.63, 3.8) is 0 Å². The molecular weight excluding hydrogens is 321 g/mol. The lowest BCUT2D eigenvalue weighted by atomic mass is 10.0. The number of para-hydroxylation sites is 1. The van der Waals surface area contributed by atoms with Crippen molar-refractivity contribution in [3.8, 4) is 11.1 Å². The number of benzene rings is 2. The van der Waals surface area contributed by atoms with Gasteiger partial charge in [0.2, 0.25) is 0 Å². The van der Waals surface area contributed by atoms with Crippen molar-refractivity contribution < 1.29 is 9.53 Å². The number of H-pyrrole nitrogens is 1. The van der Waals surface area contributed by atoms with Crippen molar-refractivity contribution in [2.45, 2.75) is 6.92 Å². The number of hydrogen-bond donors (Lipinski definition) is 1. The monoisotopic (exact) mass is 333 g/mol. The average Bonchev–Trinajstić information content (AvgIpc) is 2.90. The zero-order valence-electron chi connectivity index (χ0n) is 11.8. The highest BCUT2D eigenvalue weighted by Gasteiger charge is 2.13. The van der Waals surface area contributed by atoms with Crippen molar-refractivity contribution in [2.24, 2.45) is 0 Å². The molecule has 3 nitrogen and oxygen atoms in total. The Labute approximate surface area is 137 Å². The first kappa shape index (κ1) is 14.9. The molecule has 0 aliphatic carbocycles. The molecule has 3 aromatic rings. The Morgan fingerprint density at radius 2 is 1.86 bits per heavy atom. The van der Waals surface area contributed by atoms with Crippen LogP contribution in [0.5, 0.6) is 0 Å². The Bertz CT molecular complexity index is 835. The van der Waals surface area contributed by atoms with Gasteiger partial charge in [-0.15, -0.1) is 0 Å². The second-order valence-electron chi connectivity index (χ2n) is 4.83. The molecule has 3 rings (SSSR count). The third kappa shape index (κ3) is 2.82. The van der Waals surface area contributed by atoms with E-state index in [9.17, 15) is 4.79 Å². The number of fused-ring (bicyclic) bond motifs is 1. The van der Waals surface area contributed by atoms with E-state index in [0.717, 1.165) is 22.0 Å². The zero-order valence-corrected chi connectivity index (χ0v) is 13.3. The molecular formula is C17H13Cl2NO2. The largest absolute Gasteiger partial charge is 0.461 e. The van der Waals surface area contributed by atoms with Crippen LogP contribution in [-0.4, -0.2) is 17.6 Å². The number of carbonyl (C=O) groups is 1. The fourth-order valence-corrected chi connectivity index (χ4v) is 2.95. The maximum absolute atomic E-state index is 11.9. The van der Waals surface area contributed by atoms with Gasteiger partial charge in [-0.05, 0) is 36.8 Å². The van der Waals surface area contributed by atoms with Crippen LogP contribution in [0.3, 0.4) is 0 Å². The van der Waals surface area contributed by atoms with Crippen LogP contribution in [0, 0.1) is 0 Å². The van der Waals surface area contributed by atoms with Gasteiger partial charge in [-0.3, -0.25) is 0 Å². The average molecular weight is 334 g/mol.